The molecular formula is C15H21NO2. The van der Waals surface area contributed by atoms with E-state index in [1.807, 2.05) is 24.3 Å². The summed E-state index contributed by atoms with van der Waals surface area (Å²) in [5.41, 5.74) is 1.36. The maximum Gasteiger partial charge on any atom is 0.328 e. The topological polar surface area (TPSA) is 38.3 Å². The first-order valence-corrected chi connectivity index (χ1v) is 6.52. The lowest BCUT2D eigenvalue weighted by atomic mass is 9.87. The lowest BCUT2D eigenvalue weighted by Crippen LogP contribution is -2.34. The number of hydrogen-bond donors (Lipinski definition) is 1. The first-order chi connectivity index (χ1) is 8.47. The van der Waals surface area contributed by atoms with E-state index < -0.39 is 0 Å². The Bertz CT molecular complexity index is 411. The fourth-order valence-electron chi connectivity index (χ4n) is 2.10. The van der Waals surface area contributed by atoms with E-state index in [0.717, 1.165) is 19.4 Å². The third-order valence-corrected chi connectivity index (χ3v) is 3.28. The smallest absolute Gasteiger partial charge is 0.328 e. The Kier molecular flexibility index (Phi) is 3.71. The van der Waals surface area contributed by atoms with Crippen LogP contribution in [0.5, 0.6) is 5.75 Å². The molecule has 0 spiro atoms. The quantitative estimate of drug-likeness (QED) is 0.645. The molecule has 1 fully saturated rings. The normalized spacial score (nSPS) is 19.8. The summed E-state index contributed by atoms with van der Waals surface area (Å²) in [6.45, 7) is 7.39. The number of esters is 1. The Labute approximate surface area is 109 Å². The van der Waals surface area contributed by atoms with Crippen LogP contribution in [0, 0.1) is 0 Å². The zero-order valence-electron chi connectivity index (χ0n) is 11.3. The van der Waals surface area contributed by atoms with Crippen molar-refractivity contribution in [3.8, 4) is 5.75 Å². The highest BCUT2D eigenvalue weighted by atomic mass is 16.5. The number of ether oxygens (including phenoxy) is 1. The number of carbonyl (C=O) groups is 1. The summed E-state index contributed by atoms with van der Waals surface area (Å²) in [6.07, 6.45) is 1.92. The Balaban J connectivity index is 2.00. The summed E-state index contributed by atoms with van der Waals surface area (Å²) in [4.78, 5) is 11.8. The Hall–Kier alpha value is -1.35. The molecule has 0 saturated carbocycles. The van der Waals surface area contributed by atoms with Gasteiger partial charge in [-0.15, -0.1) is 0 Å². The van der Waals surface area contributed by atoms with Crippen LogP contribution in [0.4, 0.5) is 0 Å². The minimum atomic E-state index is -0.170. The molecule has 1 atom stereocenters. The van der Waals surface area contributed by atoms with Crippen molar-refractivity contribution >= 4 is 5.97 Å². The molecule has 1 N–H and O–H groups in total. The van der Waals surface area contributed by atoms with E-state index in [9.17, 15) is 4.79 Å². The van der Waals surface area contributed by atoms with E-state index in [1.54, 1.807) is 0 Å². The maximum absolute atomic E-state index is 11.8. The number of carbonyl (C=O) groups excluding carboxylic acids is 1. The molecule has 3 heteroatoms. The maximum atomic E-state index is 11.8. The molecule has 18 heavy (non-hydrogen) atoms. The minimum Gasteiger partial charge on any atom is -0.425 e. The van der Waals surface area contributed by atoms with Crippen molar-refractivity contribution in [1.29, 1.82) is 0 Å². The van der Waals surface area contributed by atoms with Crippen molar-refractivity contribution in [2.75, 3.05) is 6.54 Å². The molecule has 1 unspecified atom stereocenters. The molecule has 0 radical (unpaired) electrons. The van der Waals surface area contributed by atoms with Crippen molar-refractivity contribution in [1.82, 2.24) is 5.32 Å². The highest BCUT2D eigenvalue weighted by Crippen LogP contribution is 2.24. The van der Waals surface area contributed by atoms with Crippen LogP contribution in [-0.4, -0.2) is 18.6 Å². The fourth-order valence-corrected chi connectivity index (χ4v) is 2.10. The molecule has 2 rings (SSSR count). The van der Waals surface area contributed by atoms with Gasteiger partial charge in [0.1, 0.15) is 11.8 Å². The molecular weight excluding hydrogens is 226 g/mol. The third-order valence-electron chi connectivity index (χ3n) is 3.28. The monoisotopic (exact) mass is 247 g/mol. The standard InChI is InChI=1S/C15H21NO2/c1-15(2,3)11-6-8-12(9-7-11)18-14(17)13-5-4-10-16-13/h6-9,13,16H,4-5,10H2,1-3H3. The lowest BCUT2D eigenvalue weighted by Gasteiger charge is -2.19. The van der Waals surface area contributed by atoms with Crippen LogP contribution < -0.4 is 10.1 Å². The van der Waals surface area contributed by atoms with Crippen molar-refractivity contribution in [3.63, 3.8) is 0 Å². The molecule has 3 nitrogen and oxygen atoms in total. The first kappa shape index (κ1) is 13.1. The molecule has 0 aromatic heterocycles. The first-order valence-electron chi connectivity index (χ1n) is 6.52. The highest BCUT2D eigenvalue weighted by Gasteiger charge is 2.24. The van der Waals surface area contributed by atoms with Gasteiger partial charge in [0.05, 0.1) is 0 Å². The lowest BCUT2D eigenvalue weighted by molar-refractivity contribution is -0.136. The van der Waals surface area contributed by atoms with Crippen molar-refractivity contribution in [3.05, 3.63) is 29.8 Å². The van der Waals surface area contributed by atoms with Gasteiger partial charge in [-0.05, 0) is 42.5 Å². The van der Waals surface area contributed by atoms with E-state index in [-0.39, 0.29) is 17.4 Å². The summed E-state index contributed by atoms with van der Waals surface area (Å²) in [5.74, 6) is 0.456. The van der Waals surface area contributed by atoms with Crippen LogP contribution in [0.3, 0.4) is 0 Å². The van der Waals surface area contributed by atoms with E-state index in [4.69, 9.17) is 4.74 Å². The second-order valence-electron chi connectivity index (χ2n) is 5.84. The largest absolute Gasteiger partial charge is 0.425 e. The van der Waals surface area contributed by atoms with Gasteiger partial charge in [0.15, 0.2) is 0 Å². The molecule has 1 aromatic rings. The zero-order valence-corrected chi connectivity index (χ0v) is 11.3. The molecule has 1 aliphatic heterocycles. The number of hydrogen-bond acceptors (Lipinski definition) is 3. The van der Waals surface area contributed by atoms with E-state index in [0.29, 0.717) is 5.75 Å². The van der Waals surface area contributed by atoms with E-state index >= 15 is 0 Å². The fraction of sp³-hybridized carbons (Fsp3) is 0.533. The predicted molar refractivity (Wildman–Crippen MR) is 71.8 cm³/mol. The van der Waals surface area contributed by atoms with E-state index in [2.05, 4.69) is 26.1 Å². The van der Waals surface area contributed by atoms with Crippen LogP contribution in [0.2, 0.25) is 0 Å². The van der Waals surface area contributed by atoms with E-state index in [1.165, 1.54) is 5.56 Å². The molecule has 1 aliphatic rings. The predicted octanol–water partition coefficient (Wildman–Crippen LogP) is 2.64. The molecule has 0 bridgehead atoms. The summed E-state index contributed by atoms with van der Waals surface area (Å²) in [6, 6.07) is 7.64. The summed E-state index contributed by atoms with van der Waals surface area (Å²) < 4.78 is 5.36. The van der Waals surface area contributed by atoms with Gasteiger partial charge in [-0.1, -0.05) is 32.9 Å². The third kappa shape index (κ3) is 3.10. The van der Waals surface area contributed by atoms with Crippen molar-refractivity contribution in [2.45, 2.75) is 45.1 Å². The van der Waals surface area contributed by atoms with Gasteiger partial charge >= 0.3 is 5.97 Å². The highest BCUT2D eigenvalue weighted by molar-refractivity contribution is 5.78. The Morgan fingerprint density at radius 2 is 1.94 bits per heavy atom. The minimum absolute atomic E-state index is 0.121. The van der Waals surface area contributed by atoms with Crippen molar-refractivity contribution < 1.29 is 9.53 Å². The second-order valence-corrected chi connectivity index (χ2v) is 5.84. The van der Waals surface area contributed by atoms with Crippen LogP contribution in [-0.2, 0) is 10.2 Å². The molecule has 0 aliphatic carbocycles. The number of rotatable bonds is 2. The van der Waals surface area contributed by atoms with Crippen LogP contribution >= 0.6 is 0 Å². The van der Waals surface area contributed by atoms with Gasteiger partial charge in [0.25, 0.3) is 0 Å². The SMILES string of the molecule is CC(C)(C)c1ccc(OC(=O)C2CCCN2)cc1. The van der Waals surface area contributed by atoms with Gasteiger partial charge < -0.3 is 10.1 Å². The summed E-state index contributed by atoms with van der Waals surface area (Å²) in [5, 5.41) is 3.14. The van der Waals surface area contributed by atoms with Crippen LogP contribution in [0.25, 0.3) is 0 Å². The molecule has 1 aromatic carbocycles. The molecule has 1 heterocycles. The van der Waals surface area contributed by atoms with Crippen LogP contribution in [0.15, 0.2) is 24.3 Å². The average Bonchev–Trinajstić information content (AvgIpc) is 2.82. The molecule has 1 saturated heterocycles. The van der Waals surface area contributed by atoms with Gasteiger partial charge in [0, 0.05) is 0 Å². The Morgan fingerprint density at radius 3 is 2.44 bits per heavy atom. The van der Waals surface area contributed by atoms with Gasteiger partial charge in [-0.2, -0.15) is 0 Å². The zero-order chi connectivity index (χ0) is 13.2. The molecule has 98 valence electrons. The average molecular weight is 247 g/mol. The Morgan fingerprint density at radius 1 is 1.28 bits per heavy atom. The number of nitrogens with one attached hydrogen (secondary N) is 1. The van der Waals surface area contributed by atoms with Gasteiger partial charge in [-0.3, -0.25) is 0 Å². The summed E-state index contributed by atoms with van der Waals surface area (Å²) in [7, 11) is 0. The molecule has 0 amide bonds. The van der Waals surface area contributed by atoms with Gasteiger partial charge in [0.2, 0.25) is 0 Å². The number of benzene rings is 1. The van der Waals surface area contributed by atoms with Gasteiger partial charge in [-0.25, -0.2) is 4.79 Å². The van der Waals surface area contributed by atoms with Crippen LogP contribution in [0.1, 0.15) is 39.2 Å². The summed E-state index contributed by atoms with van der Waals surface area (Å²) >= 11 is 0. The second kappa shape index (κ2) is 5.11. The van der Waals surface area contributed by atoms with Crippen molar-refractivity contribution in [2.24, 2.45) is 0 Å².